The molecule has 0 atom stereocenters. The summed E-state index contributed by atoms with van der Waals surface area (Å²) in [5.41, 5.74) is 0.744. The van der Waals surface area contributed by atoms with Gasteiger partial charge in [-0.3, -0.25) is 4.79 Å². The second kappa shape index (κ2) is 7.76. The van der Waals surface area contributed by atoms with Gasteiger partial charge in [-0.25, -0.2) is 4.39 Å². The van der Waals surface area contributed by atoms with Gasteiger partial charge in [0.1, 0.15) is 0 Å². The van der Waals surface area contributed by atoms with E-state index in [9.17, 15) is 9.18 Å². The molecule has 1 heterocycles. The van der Waals surface area contributed by atoms with Crippen LogP contribution in [0, 0.1) is 5.82 Å². The Kier molecular flexibility index (Phi) is 5.25. The summed E-state index contributed by atoms with van der Waals surface area (Å²) in [5, 5.41) is 7.00. The highest BCUT2D eigenvalue weighted by atomic mass is 35.5. The first kappa shape index (κ1) is 16.9. The molecule has 0 fully saturated rings. The smallest absolute Gasteiger partial charge is 0.258 e. The monoisotopic (exact) mass is 361 g/mol. The molecule has 0 aliphatic rings. The number of carbonyl (C=O) groups excluding carboxylic acids is 1. The number of hydrogen-bond acceptors (Lipinski definition) is 5. The summed E-state index contributed by atoms with van der Waals surface area (Å²) in [6.07, 6.45) is 0. The van der Waals surface area contributed by atoms with Crippen LogP contribution < -0.4 is 10.1 Å². The third-order valence-corrected chi connectivity index (χ3v) is 3.45. The standard InChI is InChI=1S/C17H13ClFN3O3/c18-12-7-5-11(6-8-12)17-21-16(25-22-17)9-20-15(23)10-24-14-4-2-1-3-13(14)19/h1-8H,9-10H2,(H,20,23). The van der Waals surface area contributed by atoms with Gasteiger partial charge in [0.25, 0.3) is 5.91 Å². The third kappa shape index (κ3) is 4.54. The Morgan fingerprint density at radius 2 is 1.96 bits per heavy atom. The van der Waals surface area contributed by atoms with Crippen LogP contribution in [0.5, 0.6) is 5.75 Å². The number of amides is 1. The number of nitrogens with zero attached hydrogens (tertiary/aromatic N) is 2. The van der Waals surface area contributed by atoms with Crippen molar-refractivity contribution in [3.8, 4) is 17.1 Å². The molecule has 6 nitrogen and oxygen atoms in total. The van der Waals surface area contributed by atoms with Crippen LogP contribution in [0.4, 0.5) is 4.39 Å². The fourth-order valence-electron chi connectivity index (χ4n) is 1.97. The lowest BCUT2D eigenvalue weighted by atomic mass is 10.2. The maximum Gasteiger partial charge on any atom is 0.258 e. The molecule has 0 unspecified atom stereocenters. The molecule has 1 aromatic heterocycles. The lowest BCUT2D eigenvalue weighted by Crippen LogP contribution is -2.28. The number of rotatable bonds is 6. The second-order valence-corrected chi connectivity index (χ2v) is 5.45. The van der Waals surface area contributed by atoms with Crippen molar-refractivity contribution >= 4 is 17.5 Å². The highest BCUT2D eigenvalue weighted by Crippen LogP contribution is 2.18. The molecule has 0 bridgehead atoms. The molecule has 0 radical (unpaired) electrons. The van der Waals surface area contributed by atoms with Crippen molar-refractivity contribution in [1.82, 2.24) is 15.5 Å². The number of benzene rings is 2. The van der Waals surface area contributed by atoms with Gasteiger partial charge in [0.2, 0.25) is 11.7 Å². The first-order chi connectivity index (χ1) is 12.1. The van der Waals surface area contributed by atoms with Crippen molar-refractivity contribution in [1.29, 1.82) is 0 Å². The number of hydrogen-bond donors (Lipinski definition) is 1. The summed E-state index contributed by atoms with van der Waals surface area (Å²) >= 11 is 5.83. The van der Waals surface area contributed by atoms with Crippen LogP contribution in [0.1, 0.15) is 5.89 Å². The minimum absolute atomic E-state index is 0.0143. The SMILES string of the molecule is O=C(COc1ccccc1F)NCc1nc(-c2ccc(Cl)cc2)no1. The maximum absolute atomic E-state index is 13.4. The highest BCUT2D eigenvalue weighted by molar-refractivity contribution is 6.30. The van der Waals surface area contributed by atoms with E-state index in [0.717, 1.165) is 5.56 Å². The van der Waals surface area contributed by atoms with Crippen LogP contribution in [0.2, 0.25) is 5.02 Å². The molecule has 0 saturated heterocycles. The molecule has 8 heteroatoms. The van der Waals surface area contributed by atoms with Gasteiger partial charge in [0.05, 0.1) is 6.54 Å². The van der Waals surface area contributed by atoms with Gasteiger partial charge in [-0.1, -0.05) is 28.9 Å². The van der Waals surface area contributed by atoms with Gasteiger partial charge in [-0.15, -0.1) is 0 Å². The number of ether oxygens (including phenoxy) is 1. The summed E-state index contributed by atoms with van der Waals surface area (Å²) in [4.78, 5) is 15.9. The van der Waals surface area contributed by atoms with E-state index in [1.165, 1.54) is 18.2 Å². The number of halogens is 2. The number of nitrogens with one attached hydrogen (secondary N) is 1. The van der Waals surface area contributed by atoms with Crippen LogP contribution in [0.15, 0.2) is 53.1 Å². The Balaban J connectivity index is 1.51. The quantitative estimate of drug-likeness (QED) is 0.729. The summed E-state index contributed by atoms with van der Waals surface area (Å²) in [6.45, 7) is -0.279. The third-order valence-electron chi connectivity index (χ3n) is 3.20. The van der Waals surface area contributed by atoms with Gasteiger partial charge >= 0.3 is 0 Å². The Labute approximate surface area is 147 Å². The van der Waals surface area contributed by atoms with Gasteiger partial charge in [0, 0.05) is 10.6 Å². The van der Waals surface area contributed by atoms with Gasteiger partial charge in [-0.05, 0) is 36.4 Å². The molecule has 1 amide bonds. The van der Waals surface area contributed by atoms with E-state index in [0.29, 0.717) is 10.8 Å². The Bertz CT molecular complexity index is 868. The Morgan fingerprint density at radius 3 is 2.72 bits per heavy atom. The van der Waals surface area contributed by atoms with Crippen molar-refractivity contribution in [2.24, 2.45) is 0 Å². The van der Waals surface area contributed by atoms with E-state index in [2.05, 4.69) is 15.5 Å². The molecule has 2 aromatic carbocycles. The van der Waals surface area contributed by atoms with Gasteiger partial charge in [0.15, 0.2) is 18.2 Å². The zero-order valence-corrected chi connectivity index (χ0v) is 13.7. The fraction of sp³-hybridized carbons (Fsp3) is 0.118. The van der Waals surface area contributed by atoms with Crippen LogP contribution in [0.25, 0.3) is 11.4 Å². The number of aromatic nitrogens is 2. The van der Waals surface area contributed by atoms with Crippen LogP contribution >= 0.6 is 11.6 Å². The molecule has 25 heavy (non-hydrogen) atoms. The summed E-state index contributed by atoms with van der Waals surface area (Å²) < 4.78 is 23.6. The number of carbonyl (C=O) groups is 1. The molecule has 128 valence electrons. The lowest BCUT2D eigenvalue weighted by Gasteiger charge is -2.06. The maximum atomic E-state index is 13.4. The summed E-state index contributed by atoms with van der Waals surface area (Å²) in [7, 11) is 0. The van der Waals surface area contributed by atoms with Crippen molar-refractivity contribution in [2.45, 2.75) is 6.54 Å². The fourth-order valence-corrected chi connectivity index (χ4v) is 2.10. The Morgan fingerprint density at radius 1 is 1.20 bits per heavy atom. The number of para-hydroxylation sites is 1. The Hall–Kier alpha value is -2.93. The van der Waals surface area contributed by atoms with Crippen molar-refractivity contribution in [2.75, 3.05) is 6.61 Å². The molecule has 0 spiro atoms. The van der Waals surface area contributed by atoms with Crippen LogP contribution in [0.3, 0.4) is 0 Å². The van der Waals surface area contributed by atoms with Gasteiger partial charge in [-0.2, -0.15) is 4.98 Å². The van der Waals surface area contributed by atoms with Crippen LogP contribution in [-0.4, -0.2) is 22.7 Å². The molecular weight excluding hydrogens is 349 g/mol. The predicted molar refractivity (Wildman–Crippen MR) is 88.5 cm³/mol. The molecular formula is C17H13ClFN3O3. The van der Waals surface area contributed by atoms with E-state index in [4.69, 9.17) is 20.9 Å². The van der Waals surface area contributed by atoms with Gasteiger partial charge < -0.3 is 14.6 Å². The molecule has 0 aliphatic carbocycles. The summed E-state index contributed by atoms with van der Waals surface area (Å²) in [5.74, 6) is -0.317. The second-order valence-electron chi connectivity index (χ2n) is 5.01. The van der Waals surface area contributed by atoms with E-state index < -0.39 is 11.7 Å². The molecule has 1 N–H and O–H groups in total. The van der Waals surface area contributed by atoms with Crippen molar-refractivity contribution in [3.05, 3.63) is 65.3 Å². The van der Waals surface area contributed by atoms with Crippen molar-refractivity contribution < 1.29 is 18.4 Å². The minimum Gasteiger partial charge on any atom is -0.481 e. The lowest BCUT2D eigenvalue weighted by molar-refractivity contribution is -0.123. The zero-order chi connectivity index (χ0) is 17.6. The van der Waals surface area contributed by atoms with Crippen molar-refractivity contribution in [3.63, 3.8) is 0 Å². The zero-order valence-electron chi connectivity index (χ0n) is 12.9. The average molecular weight is 362 g/mol. The first-order valence-electron chi connectivity index (χ1n) is 7.34. The van der Waals surface area contributed by atoms with E-state index in [1.54, 1.807) is 30.3 Å². The molecule has 3 aromatic rings. The van der Waals surface area contributed by atoms with E-state index in [1.807, 2.05) is 0 Å². The van der Waals surface area contributed by atoms with E-state index >= 15 is 0 Å². The minimum atomic E-state index is -0.528. The van der Waals surface area contributed by atoms with E-state index in [-0.39, 0.29) is 24.8 Å². The first-order valence-corrected chi connectivity index (χ1v) is 7.72. The molecule has 0 saturated carbocycles. The summed E-state index contributed by atoms with van der Waals surface area (Å²) in [6, 6.07) is 12.8. The molecule has 0 aliphatic heterocycles. The van der Waals surface area contributed by atoms with Crippen LogP contribution in [-0.2, 0) is 11.3 Å². The normalized spacial score (nSPS) is 10.5. The molecule has 3 rings (SSSR count). The topological polar surface area (TPSA) is 77.2 Å². The highest BCUT2D eigenvalue weighted by Gasteiger charge is 2.11. The predicted octanol–water partition coefficient (Wildman–Crippen LogP) is 3.22. The average Bonchev–Trinajstić information content (AvgIpc) is 3.09. The largest absolute Gasteiger partial charge is 0.481 e.